The van der Waals surface area contributed by atoms with Crippen LogP contribution >= 0.6 is 0 Å². The number of esters is 1. The van der Waals surface area contributed by atoms with E-state index in [1.54, 1.807) is 17.9 Å². The molecule has 2 N–H and O–H groups in total. The first-order valence-corrected chi connectivity index (χ1v) is 11.0. The summed E-state index contributed by atoms with van der Waals surface area (Å²) < 4.78 is 5.37. The van der Waals surface area contributed by atoms with Gasteiger partial charge in [0.15, 0.2) is 0 Å². The zero-order chi connectivity index (χ0) is 22.9. The minimum Gasteiger partial charge on any atom is -0.465 e. The van der Waals surface area contributed by atoms with Crippen LogP contribution in [0.1, 0.15) is 60.8 Å². The highest BCUT2D eigenvalue weighted by molar-refractivity contribution is 6.05. The molecule has 3 aromatic rings. The number of nitrogens with two attached hydrogens (primary N) is 1. The van der Waals surface area contributed by atoms with E-state index in [0.717, 1.165) is 23.1 Å². The number of rotatable bonds is 6. The lowest BCUT2D eigenvalue weighted by atomic mass is 9.78. The predicted octanol–water partition coefficient (Wildman–Crippen LogP) is 3.99. The van der Waals surface area contributed by atoms with Gasteiger partial charge in [0, 0.05) is 18.5 Å². The zero-order valence-electron chi connectivity index (χ0n) is 18.7. The molecule has 2 heterocycles. The van der Waals surface area contributed by atoms with Gasteiger partial charge in [-0.25, -0.2) is 9.97 Å². The Labute approximate surface area is 187 Å². The highest BCUT2D eigenvalue weighted by atomic mass is 16.5. The third-order valence-electron chi connectivity index (χ3n) is 6.16. The highest BCUT2D eigenvalue weighted by Crippen LogP contribution is 2.34. The average molecular weight is 433 g/mol. The molecule has 1 aliphatic rings. The van der Waals surface area contributed by atoms with Crippen LogP contribution in [0.3, 0.4) is 0 Å². The van der Waals surface area contributed by atoms with E-state index in [1.165, 1.54) is 0 Å². The summed E-state index contributed by atoms with van der Waals surface area (Å²) in [4.78, 5) is 36.7. The summed E-state index contributed by atoms with van der Waals surface area (Å²) in [6.45, 7) is 7.07. The van der Waals surface area contributed by atoms with E-state index in [2.05, 4.69) is 9.97 Å². The van der Waals surface area contributed by atoms with Crippen LogP contribution in [-0.2, 0) is 28.0 Å². The number of aromatic nitrogens is 2. The van der Waals surface area contributed by atoms with Crippen molar-refractivity contribution >= 4 is 28.7 Å². The van der Waals surface area contributed by atoms with Crippen LogP contribution in [0.5, 0.6) is 0 Å². The van der Waals surface area contributed by atoms with Gasteiger partial charge in [0.25, 0.3) is 5.91 Å². The van der Waals surface area contributed by atoms with Crippen LogP contribution in [0.4, 0.5) is 5.95 Å². The normalized spacial score (nSPS) is 14.8. The second-order valence-electron chi connectivity index (χ2n) is 8.39. The Morgan fingerprint density at radius 3 is 2.41 bits per heavy atom. The lowest BCUT2D eigenvalue weighted by Crippen LogP contribution is -2.34. The molecule has 1 unspecified atom stereocenters. The molecule has 0 fully saturated rings. The Hall–Kier alpha value is -3.48. The van der Waals surface area contributed by atoms with Gasteiger partial charge in [0.2, 0.25) is 5.95 Å². The summed E-state index contributed by atoms with van der Waals surface area (Å²) in [6.07, 6.45) is 1.43. The van der Waals surface area contributed by atoms with Gasteiger partial charge in [0.1, 0.15) is 5.69 Å². The number of hydrogen-bond acceptors (Lipinski definition) is 6. The Balaban J connectivity index is 1.78. The van der Waals surface area contributed by atoms with E-state index in [0.29, 0.717) is 37.0 Å². The fourth-order valence-corrected chi connectivity index (χ4v) is 4.43. The summed E-state index contributed by atoms with van der Waals surface area (Å²) >= 11 is 0. The molecule has 0 aliphatic carbocycles. The van der Waals surface area contributed by atoms with Crippen molar-refractivity contribution in [1.82, 2.24) is 14.9 Å². The zero-order valence-corrected chi connectivity index (χ0v) is 18.7. The van der Waals surface area contributed by atoms with Crippen LogP contribution in [0, 0.1) is 0 Å². The Morgan fingerprint density at radius 1 is 1.09 bits per heavy atom. The van der Waals surface area contributed by atoms with E-state index in [9.17, 15) is 9.59 Å². The molecule has 2 aromatic carbocycles. The molecule has 1 atom stereocenters. The van der Waals surface area contributed by atoms with Crippen LogP contribution in [-0.4, -0.2) is 33.4 Å². The smallest absolute Gasteiger partial charge is 0.316 e. The number of fused-ring (bicyclic) bond motifs is 2. The first kappa shape index (κ1) is 21.7. The molecule has 7 heteroatoms. The Bertz CT molecular complexity index is 1170. The van der Waals surface area contributed by atoms with E-state index in [1.807, 2.05) is 50.2 Å². The molecule has 1 aromatic heterocycles. The highest BCUT2D eigenvalue weighted by Gasteiger charge is 2.36. The second-order valence-corrected chi connectivity index (χ2v) is 8.39. The Morgan fingerprint density at radius 2 is 1.78 bits per heavy atom. The average Bonchev–Trinajstić information content (AvgIpc) is 3.22. The summed E-state index contributed by atoms with van der Waals surface area (Å²) in [6, 6.07) is 13.5. The number of carbonyl (C=O) groups is 2. The summed E-state index contributed by atoms with van der Waals surface area (Å²) in [5, 5.41) is 0.587. The van der Waals surface area contributed by atoms with E-state index >= 15 is 0 Å². The van der Waals surface area contributed by atoms with Gasteiger partial charge < -0.3 is 15.4 Å². The number of nitrogens with zero attached hydrogens (tertiary/aromatic N) is 3. The quantitative estimate of drug-likeness (QED) is 0.592. The molecule has 0 radical (unpaired) electrons. The maximum atomic E-state index is 13.5. The molecule has 7 nitrogen and oxygen atoms in total. The first-order chi connectivity index (χ1) is 15.4. The van der Waals surface area contributed by atoms with Gasteiger partial charge in [-0.15, -0.1) is 0 Å². The van der Waals surface area contributed by atoms with Gasteiger partial charge >= 0.3 is 5.97 Å². The van der Waals surface area contributed by atoms with E-state index < -0.39 is 5.41 Å². The fourth-order valence-electron chi connectivity index (χ4n) is 4.43. The third-order valence-corrected chi connectivity index (χ3v) is 6.16. The van der Waals surface area contributed by atoms with Gasteiger partial charge in [0.05, 0.1) is 17.5 Å². The molecule has 0 spiro atoms. The molecule has 0 saturated heterocycles. The number of benzene rings is 2. The fraction of sp³-hybridized carbons (Fsp3) is 0.360. The number of carbonyl (C=O) groups excluding carboxylic acids is 2. The minimum absolute atomic E-state index is 0.0482. The first-order valence-electron chi connectivity index (χ1n) is 11.0. The van der Waals surface area contributed by atoms with Gasteiger partial charge in [-0.2, -0.15) is 0 Å². The number of amides is 1. The third kappa shape index (κ3) is 3.79. The lowest BCUT2D eigenvalue weighted by Gasteiger charge is -2.28. The summed E-state index contributed by atoms with van der Waals surface area (Å²) in [5.74, 6) is -0.432. The van der Waals surface area contributed by atoms with Crippen molar-refractivity contribution in [2.24, 2.45) is 0 Å². The lowest BCUT2D eigenvalue weighted by molar-refractivity contribution is -0.149. The second kappa shape index (κ2) is 8.57. The summed E-state index contributed by atoms with van der Waals surface area (Å²) in [7, 11) is 0. The molecule has 1 aliphatic heterocycles. The maximum absolute atomic E-state index is 13.5. The van der Waals surface area contributed by atoms with Crippen molar-refractivity contribution < 1.29 is 14.3 Å². The number of hydrogen-bond donors (Lipinski definition) is 1. The van der Waals surface area contributed by atoms with E-state index in [4.69, 9.17) is 10.5 Å². The minimum atomic E-state index is -0.829. The molecule has 4 rings (SSSR count). The van der Waals surface area contributed by atoms with Crippen molar-refractivity contribution in [3.05, 3.63) is 64.8 Å². The van der Waals surface area contributed by atoms with Crippen LogP contribution in [0.25, 0.3) is 10.9 Å². The monoisotopic (exact) mass is 432 g/mol. The van der Waals surface area contributed by atoms with Crippen molar-refractivity contribution in [3.8, 4) is 0 Å². The molecule has 0 saturated carbocycles. The molecular formula is C25H28N4O3. The molecule has 0 bridgehead atoms. The van der Waals surface area contributed by atoms with Gasteiger partial charge in [-0.3, -0.25) is 9.59 Å². The van der Waals surface area contributed by atoms with Crippen molar-refractivity contribution in [3.63, 3.8) is 0 Å². The summed E-state index contributed by atoms with van der Waals surface area (Å²) in [5.41, 5.74) is 8.97. The van der Waals surface area contributed by atoms with Crippen molar-refractivity contribution in [1.29, 1.82) is 0 Å². The number of anilines is 1. The van der Waals surface area contributed by atoms with Gasteiger partial charge in [-0.1, -0.05) is 43.7 Å². The largest absolute Gasteiger partial charge is 0.465 e. The van der Waals surface area contributed by atoms with Crippen molar-refractivity contribution in [2.45, 2.75) is 52.1 Å². The van der Waals surface area contributed by atoms with Crippen LogP contribution < -0.4 is 5.73 Å². The maximum Gasteiger partial charge on any atom is 0.316 e. The number of ether oxygens (including phenoxy) is 1. The van der Waals surface area contributed by atoms with Crippen molar-refractivity contribution in [2.75, 3.05) is 12.3 Å². The van der Waals surface area contributed by atoms with Crippen LogP contribution in [0.15, 0.2) is 42.5 Å². The Kier molecular flexibility index (Phi) is 5.82. The predicted molar refractivity (Wildman–Crippen MR) is 123 cm³/mol. The van der Waals surface area contributed by atoms with E-state index in [-0.39, 0.29) is 23.5 Å². The molecule has 1 amide bonds. The standard InChI is InChI=1S/C25H28N4O3/c1-4-12-25(3,23(31)32-5-2)18-10-11-20-19(13-18)21(28-24(26)27-20)22(30)29-14-16-8-6-7-9-17(16)15-29/h6-11,13H,4-5,12,14-15H2,1-3H3,(H2,26,27,28). The number of nitrogen functional groups attached to an aromatic ring is 1. The van der Waals surface area contributed by atoms with Gasteiger partial charge in [-0.05, 0) is 49.1 Å². The SMILES string of the molecule is CCCC(C)(C(=O)OCC)c1ccc2nc(N)nc(C(=O)N3Cc4ccccc4C3)c2c1. The molecule has 166 valence electrons. The topological polar surface area (TPSA) is 98.4 Å². The van der Waals surface area contributed by atoms with Crippen LogP contribution in [0.2, 0.25) is 0 Å². The molecule has 32 heavy (non-hydrogen) atoms. The molecular weight excluding hydrogens is 404 g/mol.